The molecule has 2 heteroatoms. The molecule has 0 aromatic rings. The SMILES string of the molecule is CCOC(=O)[C@@H]1[C@@H](C)CCCC1(C)C. The standard InChI is InChI=1S/C12H22O2/c1-5-14-11(13)10-9(2)7-6-8-12(10,3)4/h9-10H,5-8H2,1-4H3/t9-,10-/m0/s1. The molecule has 0 aromatic heterocycles. The lowest BCUT2D eigenvalue weighted by Gasteiger charge is -2.40. The second-order valence-corrected chi connectivity index (χ2v) is 5.09. The van der Waals surface area contributed by atoms with Gasteiger partial charge in [0, 0.05) is 0 Å². The molecule has 1 aliphatic rings. The molecule has 82 valence electrons. The molecule has 0 aromatic carbocycles. The van der Waals surface area contributed by atoms with E-state index >= 15 is 0 Å². The Hall–Kier alpha value is -0.530. The number of carbonyl (C=O) groups is 1. The van der Waals surface area contributed by atoms with Gasteiger partial charge >= 0.3 is 5.97 Å². The molecule has 0 unspecified atom stereocenters. The van der Waals surface area contributed by atoms with E-state index in [9.17, 15) is 4.79 Å². The van der Waals surface area contributed by atoms with Crippen LogP contribution in [0.1, 0.15) is 47.0 Å². The van der Waals surface area contributed by atoms with Gasteiger partial charge in [-0.1, -0.05) is 27.2 Å². The first-order valence-corrected chi connectivity index (χ1v) is 5.65. The molecule has 14 heavy (non-hydrogen) atoms. The summed E-state index contributed by atoms with van der Waals surface area (Å²) in [5.41, 5.74) is 0.115. The summed E-state index contributed by atoms with van der Waals surface area (Å²) in [6.45, 7) is 8.91. The van der Waals surface area contributed by atoms with Crippen molar-refractivity contribution in [2.24, 2.45) is 17.3 Å². The zero-order valence-electron chi connectivity index (χ0n) is 9.80. The van der Waals surface area contributed by atoms with Crippen LogP contribution in [0.4, 0.5) is 0 Å². The molecule has 0 radical (unpaired) electrons. The number of ether oxygens (including phenoxy) is 1. The van der Waals surface area contributed by atoms with Crippen molar-refractivity contribution in [2.45, 2.75) is 47.0 Å². The van der Waals surface area contributed by atoms with Gasteiger partial charge in [0.2, 0.25) is 0 Å². The Labute approximate surface area is 87.0 Å². The lowest BCUT2D eigenvalue weighted by Crippen LogP contribution is -2.40. The van der Waals surface area contributed by atoms with Crippen molar-refractivity contribution >= 4 is 5.97 Å². The highest BCUT2D eigenvalue weighted by atomic mass is 16.5. The lowest BCUT2D eigenvalue weighted by atomic mass is 9.64. The van der Waals surface area contributed by atoms with E-state index < -0.39 is 0 Å². The minimum Gasteiger partial charge on any atom is -0.466 e. The summed E-state index contributed by atoms with van der Waals surface area (Å²) in [5.74, 6) is 0.568. The molecule has 1 fully saturated rings. The van der Waals surface area contributed by atoms with Crippen molar-refractivity contribution in [2.75, 3.05) is 6.61 Å². The van der Waals surface area contributed by atoms with Gasteiger partial charge in [-0.3, -0.25) is 4.79 Å². The quantitative estimate of drug-likeness (QED) is 0.637. The molecule has 0 bridgehead atoms. The van der Waals surface area contributed by atoms with Crippen LogP contribution in [-0.4, -0.2) is 12.6 Å². The van der Waals surface area contributed by atoms with Crippen molar-refractivity contribution in [3.63, 3.8) is 0 Å². The molecule has 2 nitrogen and oxygen atoms in total. The third kappa shape index (κ3) is 2.28. The van der Waals surface area contributed by atoms with Crippen LogP contribution in [0.15, 0.2) is 0 Å². The van der Waals surface area contributed by atoms with Gasteiger partial charge in [0.1, 0.15) is 0 Å². The molecule has 1 aliphatic carbocycles. The van der Waals surface area contributed by atoms with E-state index in [-0.39, 0.29) is 17.3 Å². The van der Waals surface area contributed by atoms with Crippen LogP contribution >= 0.6 is 0 Å². The van der Waals surface area contributed by atoms with Gasteiger partial charge in [-0.15, -0.1) is 0 Å². The highest BCUT2D eigenvalue weighted by Crippen LogP contribution is 2.44. The fourth-order valence-corrected chi connectivity index (χ4v) is 2.76. The largest absolute Gasteiger partial charge is 0.466 e. The second-order valence-electron chi connectivity index (χ2n) is 5.09. The summed E-state index contributed by atoms with van der Waals surface area (Å²) in [6.07, 6.45) is 3.54. The van der Waals surface area contributed by atoms with Crippen LogP contribution in [0, 0.1) is 17.3 Å². The van der Waals surface area contributed by atoms with E-state index in [1.807, 2.05) is 6.92 Å². The Bertz CT molecular complexity index is 208. The van der Waals surface area contributed by atoms with Gasteiger partial charge in [-0.2, -0.15) is 0 Å². The fourth-order valence-electron chi connectivity index (χ4n) is 2.76. The van der Waals surface area contributed by atoms with Crippen LogP contribution in [0.5, 0.6) is 0 Å². The monoisotopic (exact) mass is 198 g/mol. The Kier molecular flexibility index (Phi) is 3.57. The van der Waals surface area contributed by atoms with E-state index in [1.165, 1.54) is 6.42 Å². The van der Waals surface area contributed by atoms with Crippen molar-refractivity contribution in [1.29, 1.82) is 0 Å². The van der Waals surface area contributed by atoms with E-state index in [0.717, 1.165) is 12.8 Å². The first-order valence-electron chi connectivity index (χ1n) is 5.65. The lowest BCUT2D eigenvalue weighted by molar-refractivity contribution is -0.157. The fraction of sp³-hybridized carbons (Fsp3) is 0.917. The molecule has 0 amide bonds. The van der Waals surface area contributed by atoms with Crippen LogP contribution in [0.3, 0.4) is 0 Å². The van der Waals surface area contributed by atoms with Gasteiger partial charge in [-0.25, -0.2) is 0 Å². The minimum absolute atomic E-state index is 0.00435. The summed E-state index contributed by atoms with van der Waals surface area (Å²) in [6, 6.07) is 0. The number of rotatable bonds is 2. The van der Waals surface area contributed by atoms with Gasteiger partial charge < -0.3 is 4.74 Å². The first kappa shape index (κ1) is 11.5. The highest BCUT2D eigenvalue weighted by molar-refractivity contribution is 5.73. The van der Waals surface area contributed by atoms with E-state index in [0.29, 0.717) is 12.5 Å². The molecule has 0 aliphatic heterocycles. The molecule has 1 rings (SSSR count). The summed E-state index contributed by atoms with van der Waals surface area (Å²) >= 11 is 0. The zero-order valence-corrected chi connectivity index (χ0v) is 9.80. The van der Waals surface area contributed by atoms with E-state index in [2.05, 4.69) is 20.8 Å². The molecular weight excluding hydrogens is 176 g/mol. The Morgan fingerprint density at radius 2 is 2.14 bits per heavy atom. The number of hydrogen-bond donors (Lipinski definition) is 0. The normalized spacial score (nSPS) is 31.1. The van der Waals surface area contributed by atoms with Gasteiger partial charge in [0.15, 0.2) is 0 Å². The minimum atomic E-state index is 0.00435. The number of hydrogen-bond acceptors (Lipinski definition) is 2. The van der Waals surface area contributed by atoms with E-state index in [1.54, 1.807) is 0 Å². The maximum absolute atomic E-state index is 11.8. The van der Waals surface area contributed by atoms with Crippen molar-refractivity contribution < 1.29 is 9.53 Å². The summed E-state index contributed by atoms with van der Waals surface area (Å²) < 4.78 is 5.15. The molecular formula is C12H22O2. The Morgan fingerprint density at radius 3 is 2.64 bits per heavy atom. The maximum atomic E-state index is 11.8. The average molecular weight is 198 g/mol. The molecule has 0 saturated heterocycles. The first-order chi connectivity index (χ1) is 6.49. The predicted molar refractivity (Wildman–Crippen MR) is 56.9 cm³/mol. The van der Waals surface area contributed by atoms with Gasteiger partial charge in [0.05, 0.1) is 12.5 Å². The molecule has 0 N–H and O–H groups in total. The van der Waals surface area contributed by atoms with Crippen LogP contribution in [-0.2, 0) is 9.53 Å². The molecule has 1 saturated carbocycles. The van der Waals surface area contributed by atoms with Crippen LogP contribution in [0.2, 0.25) is 0 Å². The molecule has 0 heterocycles. The maximum Gasteiger partial charge on any atom is 0.309 e. The topological polar surface area (TPSA) is 26.3 Å². The Balaban J connectivity index is 2.74. The third-order valence-corrected chi connectivity index (χ3v) is 3.43. The summed E-state index contributed by atoms with van der Waals surface area (Å²) in [4.78, 5) is 11.8. The van der Waals surface area contributed by atoms with Crippen LogP contribution in [0.25, 0.3) is 0 Å². The third-order valence-electron chi connectivity index (χ3n) is 3.43. The van der Waals surface area contributed by atoms with Crippen molar-refractivity contribution in [3.8, 4) is 0 Å². The zero-order chi connectivity index (χ0) is 10.8. The predicted octanol–water partition coefficient (Wildman–Crippen LogP) is 3.01. The highest BCUT2D eigenvalue weighted by Gasteiger charge is 2.42. The second kappa shape index (κ2) is 4.33. The Morgan fingerprint density at radius 1 is 1.50 bits per heavy atom. The van der Waals surface area contributed by atoms with Crippen LogP contribution < -0.4 is 0 Å². The van der Waals surface area contributed by atoms with Crippen molar-refractivity contribution in [3.05, 3.63) is 0 Å². The molecule has 2 atom stereocenters. The van der Waals surface area contributed by atoms with Gasteiger partial charge in [0.25, 0.3) is 0 Å². The number of carbonyl (C=O) groups excluding carboxylic acids is 1. The summed E-state index contributed by atoms with van der Waals surface area (Å²) in [5, 5.41) is 0. The average Bonchev–Trinajstić information content (AvgIpc) is 2.02. The van der Waals surface area contributed by atoms with Gasteiger partial charge in [-0.05, 0) is 31.1 Å². The smallest absolute Gasteiger partial charge is 0.309 e. The molecule has 0 spiro atoms. The van der Waals surface area contributed by atoms with Crippen molar-refractivity contribution in [1.82, 2.24) is 0 Å². The number of esters is 1. The summed E-state index contributed by atoms with van der Waals surface area (Å²) in [7, 11) is 0. The van der Waals surface area contributed by atoms with E-state index in [4.69, 9.17) is 4.74 Å².